The van der Waals surface area contributed by atoms with Crippen molar-refractivity contribution in [2.45, 2.75) is 51.0 Å². The molecule has 22 heavy (non-hydrogen) atoms. The minimum Gasteiger partial charge on any atom is -0.352 e. The monoisotopic (exact) mass is 300 g/mol. The third-order valence-electron chi connectivity index (χ3n) is 4.66. The second-order valence-corrected chi connectivity index (χ2v) is 6.37. The fourth-order valence-electron chi connectivity index (χ4n) is 3.39. The van der Waals surface area contributed by atoms with Crippen LogP contribution in [0.3, 0.4) is 0 Å². The van der Waals surface area contributed by atoms with Gasteiger partial charge in [-0.3, -0.25) is 9.59 Å². The van der Waals surface area contributed by atoms with Gasteiger partial charge in [0.2, 0.25) is 5.91 Å². The number of ketones is 1. The number of hydrogen-bond acceptors (Lipinski definition) is 3. The molecule has 2 N–H and O–H groups in total. The molecule has 4 heteroatoms. The summed E-state index contributed by atoms with van der Waals surface area (Å²) in [7, 11) is 0. The molecule has 1 atom stereocenters. The first kappa shape index (κ1) is 15.2. The molecule has 0 spiro atoms. The Hall–Kier alpha value is -1.68. The Morgan fingerprint density at radius 2 is 2.00 bits per heavy atom. The molecule has 0 unspecified atom stereocenters. The zero-order valence-corrected chi connectivity index (χ0v) is 13.0. The molecule has 1 aliphatic carbocycles. The number of benzene rings is 1. The Morgan fingerprint density at radius 1 is 1.14 bits per heavy atom. The summed E-state index contributed by atoms with van der Waals surface area (Å²) in [5.74, 6) is 0.0647. The van der Waals surface area contributed by atoms with Crippen LogP contribution in [-0.2, 0) is 17.6 Å². The molecule has 118 valence electrons. The van der Waals surface area contributed by atoms with E-state index in [2.05, 4.69) is 16.7 Å². The van der Waals surface area contributed by atoms with E-state index in [1.54, 1.807) is 0 Å². The topological polar surface area (TPSA) is 58.2 Å². The van der Waals surface area contributed by atoms with Crippen LogP contribution in [0.15, 0.2) is 18.2 Å². The van der Waals surface area contributed by atoms with Gasteiger partial charge in [0, 0.05) is 31.0 Å². The van der Waals surface area contributed by atoms with E-state index in [4.69, 9.17) is 0 Å². The molecule has 1 saturated heterocycles. The fraction of sp³-hybridized carbons (Fsp3) is 0.556. The van der Waals surface area contributed by atoms with E-state index >= 15 is 0 Å². The van der Waals surface area contributed by atoms with Crippen molar-refractivity contribution in [1.29, 1.82) is 0 Å². The molecule has 0 saturated carbocycles. The van der Waals surface area contributed by atoms with E-state index in [1.807, 2.05) is 12.1 Å². The van der Waals surface area contributed by atoms with Crippen LogP contribution >= 0.6 is 0 Å². The maximum atomic E-state index is 12.2. The minimum atomic E-state index is -0.0109. The van der Waals surface area contributed by atoms with Crippen LogP contribution in [0.25, 0.3) is 0 Å². The second-order valence-electron chi connectivity index (χ2n) is 6.37. The third-order valence-corrected chi connectivity index (χ3v) is 4.66. The number of fused-ring (bicyclic) bond motifs is 1. The molecule has 1 aromatic carbocycles. The first-order chi connectivity index (χ1) is 10.7. The van der Waals surface area contributed by atoms with Crippen molar-refractivity contribution in [1.82, 2.24) is 10.6 Å². The molecule has 0 bridgehead atoms. The van der Waals surface area contributed by atoms with E-state index in [0.717, 1.165) is 44.3 Å². The van der Waals surface area contributed by atoms with Gasteiger partial charge in [-0.1, -0.05) is 12.1 Å². The summed E-state index contributed by atoms with van der Waals surface area (Å²) in [5.41, 5.74) is 3.44. The largest absolute Gasteiger partial charge is 0.352 e. The Kier molecular flexibility index (Phi) is 4.88. The van der Waals surface area contributed by atoms with E-state index < -0.39 is 0 Å². The summed E-state index contributed by atoms with van der Waals surface area (Å²) in [6.07, 6.45) is 6.09. The number of carbonyl (C=O) groups excluding carboxylic acids is 2. The Morgan fingerprint density at radius 3 is 2.82 bits per heavy atom. The van der Waals surface area contributed by atoms with Gasteiger partial charge in [0.1, 0.15) is 0 Å². The maximum Gasteiger partial charge on any atom is 0.220 e. The second kappa shape index (κ2) is 7.05. The van der Waals surface area contributed by atoms with Gasteiger partial charge in [-0.25, -0.2) is 0 Å². The third kappa shape index (κ3) is 3.74. The summed E-state index contributed by atoms with van der Waals surface area (Å²) >= 11 is 0. The average Bonchev–Trinajstić information content (AvgIpc) is 3.01. The van der Waals surface area contributed by atoms with Crippen molar-refractivity contribution in [3.05, 3.63) is 34.9 Å². The molecule has 1 amide bonds. The lowest BCUT2D eigenvalue weighted by molar-refractivity contribution is -0.121. The van der Waals surface area contributed by atoms with Crippen molar-refractivity contribution >= 4 is 11.7 Å². The van der Waals surface area contributed by atoms with Gasteiger partial charge in [0.15, 0.2) is 5.78 Å². The smallest absolute Gasteiger partial charge is 0.220 e. The van der Waals surface area contributed by atoms with Crippen LogP contribution < -0.4 is 10.6 Å². The molecule has 0 aromatic heterocycles. The normalized spacial score (nSPS) is 20.5. The quantitative estimate of drug-likeness (QED) is 0.818. The average molecular weight is 300 g/mol. The number of hydrogen-bond donors (Lipinski definition) is 2. The number of rotatable bonds is 5. The predicted molar refractivity (Wildman–Crippen MR) is 86.1 cm³/mol. The van der Waals surface area contributed by atoms with Crippen LogP contribution in [0.1, 0.15) is 53.6 Å². The first-order valence-electron chi connectivity index (χ1n) is 8.37. The van der Waals surface area contributed by atoms with E-state index in [-0.39, 0.29) is 24.2 Å². The Labute approximate surface area is 131 Å². The molecule has 1 aliphatic heterocycles. The Bertz CT molecular complexity index is 562. The molecular formula is C18H24N2O2. The van der Waals surface area contributed by atoms with Gasteiger partial charge < -0.3 is 10.6 Å². The highest BCUT2D eigenvalue weighted by molar-refractivity contribution is 5.98. The van der Waals surface area contributed by atoms with Gasteiger partial charge >= 0.3 is 0 Å². The zero-order valence-electron chi connectivity index (χ0n) is 13.0. The van der Waals surface area contributed by atoms with Gasteiger partial charge in [-0.2, -0.15) is 0 Å². The lowest BCUT2D eigenvalue weighted by Crippen LogP contribution is -2.45. The first-order valence-corrected chi connectivity index (χ1v) is 8.37. The fourth-order valence-corrected chi connectivity index (χ4v) is 3.39. The van der Waals surface area contributed by atoms with Gasteiger partial charge in [0.05, 0.1) is 0 Å². The van der Waals surface area contributed by atoms with Crippen LogP contribution in [0.5, 0.6) is 0 Å². The number of Topliss-reactive ketones (excluding diaryl/α,β-unsaturated/α-hetero) is 1. The lowest BCUT2D eigenvalue weighted by atomic mass is 10.0. The predicted octanol–water partition coefficient (Wildman–Crippen LogP) is 2.01. The number of amides is 1. The zero-order chi connectivity index (χ0) is 15.4. The summed E-state index contributed by atoms with van der Waals surface area (Å²) < 4.78 is 0. The van der Waals surface area contributed by atoms with E-state index in [1.165, 1.54) is 17.5 Å². The molecule has 1 heterocycles. The van der Waals surface area contributed by atoms with Crippen LogP contribution in [0.4, 0.5) is 0 Å². The Balaban J connectivity index is 1.48. The SMILES string of the molecule is O=C(CCC(=O)c1ccc2c(c1)CCC2)N[C@H]1CCCNC1. The highest BCUT2D eigenvalue weighted by Gasteiger charge is 2.17. The van der Waals surface area contributed by atoms with Crippen LogP contribution in [-0.4, -0.2) is 30.8 Å². The van der Waals surface area contributed by atoms with Crippen LogP contribution in [0.2, 0.25) is 0 Å². The highest BCUT2D eigenvalue weighted by atomic mass is 16.2. The molecule has 3 rings (SSSR count). The molecular weight excluding hydrogens is 276 g/mol. The van der Waals surface area contributed by atoms with Gasteiger partial charge in [-0.15, -0.1) is 0 Å². The van der Waals surface area contributed by atoms with Gasteiger partial charge in [-0.05, 0) is 55.8 Å². The standard InChI is InChI=1S/C18H24N2O2/c21-17(15-7-6-13-3-1-4-14(13)11-15)8-9-18(22)20-16-5-2-10-19-12-16/h6-7,11,16,19H,1-5,8-10,12H2,(H,20,22)/t16-/m0/s1. The van der Waals surface area contributed by atoms with Crippen molar-refractivity contribution < 1.29 is 9.59 Å². The summed E-state index contributed by atoms with van der Waals surface area (Å²) in [5, 5.41) is 6.29. The van der Waals surface area contributed by atoms with Gasteiger partial charge in [0.25, 0.3) is 0 Å². The summed E-state index contributed by atoms with van der Waals surface area (Å²) in [6, 6.07) is 6.23. The molecule has 4 nitrogen and oxygen atoms in total. The summed E-state index contributed by atoms with van der Waals surface area (Å²) in [6.45, 7) is 1.87. The maximum absolute atomic E-state index is 12.2. The van der Waals surface area contributed by atoms with Crippen molar-refractivity contribution in [3.8, 4) is 0 Å². The minimum absolute atomic E-state index is 0.0109. The van der Waals surface area contributed by atoms with E-state index in [0.29, 0.717) is 6.42 Å². The number of carbonyl (C=O) groups is 2. The molecule has 2 aliphatic rings. The number of piperidine rings is 1. The van der Waals surface area contributed by atoms with E-state index in [9.17, 15) is 9.59 Å². The van der Waals surface area contributed by atoms with Crippen molar-refractivity contribution in [2.75, 3.05) is 13.1 Å². The number of nitrogens with one attached hydrogen (secondary N) is 2. The highest BCUT2D eigenvalue weighted by Crippen LogP contribution is 2.23. The summed E-state index contributed by atoms with van der Waals surface area (Å²) in [4.78, 5) is 24.2. The molecule has 1 aromatic rings. The number of aryl methyl sites for hydroxylation is 2. The molecule has 1 fully saturated rings. The molecule has 0 radical (unpaired) electrons. The van der Waals surface area contributed by atoms with Crippen LogP contribution in [0, 0.1) is 0 Å². The van der Waals surface area contributed by atoms with Crippen molar-refractivity contribution in [3.63, 3.8) is 0 Å². The van der Waals surface area contributed by atoms with Crippen molar-refractivity contribution in [2.24, 2.45) is 0 Å². The lowest BCUT2D eigenvalue weighted by Gasteiger charge is -2.23.